The summed E-state index contributed by atoms with van der Waals surface area (Å²) in [6, 6.07) is 1.82. The van der Waals surface area contributed by atoms with Crippen LogP contribution in [0, 0.1) is 6.92 Å². The van der Waals surface area contributed by atoms with Gasteiger partial charge in [0.2, 0.25) is 5.91 Å². The maximum absolute atomic E-state index is 11.1. The van der Waals surface area contributed by atoms with Gasteiger partial charge in [-0.3, -0.25) is 14.2 Å². The zero-order valence-corrected chi connectivity index (χ0v) is 11.0. The lowest BCUT2D eigenvalue weighted by atomic mass is 10.3. The van der Waals surface area contributed by atoms with Crippen LogP contribution in [0.2, 0.25) is 0 Å². The normalized spacial score (nSPS) is 10.8. The van der Waals surface area contributed by atoms with E-state index in [4.69, 9.17) is 10.8 Å². The molecule has 19 heavy (non-hydrogen) atoms. The molecule has 0 unspecified atom stereocenters. The van der Waals surface area contributed by atoms with Crippen LogP contribution < -0.4 is 5.73 Å². The Bertz CT molecular complexity index is 653. The van der Waals surface area contributed by atoms with E-state index < -0.39 is 11.9 Å². The van der Waals surface area contributed by atoms with Crippen molar-refractivity contribution in [1.29, 1.82) is 0 Å². The predicted molar refractivity (Wildman–Crippen MR) is 69.8 cm³/mol. The number of pyridine rings is 1. The molecule has 0 saturated heterocycles. The number of carboxylic acid groups (broad SMARTS) is 1. The number of aromatic nitrogens is 3. The molecule has 2 aromatic rings. The van der Waals surface area contributed by atoms with Crippen molar-refractivity contribution < 1.29 is 14.7 Å². The van der Waals surface area contributed by atoms with Crippen LogP contribution in [0.5, 0.6) is 0 Å². The standard InChI is InChI=1S/C11H12N4O3S/c1-6-2-7-10(13-3-6)15(4-8(12)16)11(14-7)19-5-9(17)18/h2-3H,4-5H2,1H3,(H2,12,16)(H,17,18). The number of aliphatic carboxylic acids is 1. The third kappa shape index (κ3) is 3.02. The molecule has 0 spiro atoms. The number of fused-ring (bicyclic) bond motifs is 1. The molecule has 2 rings (SSSR count). The van der Waals surface area contributed by atoms with Crippen molar-refractivity contribution in [2.75, 3.05) is 5.75 Å². The molecule has 8 heteroatoms. The summed E-state index contributed by atoms with van der Waals surface area (Å²) in [5.74, 6) is -1.62. The molecule has 2 heterocycles. The second kappa shape index (κ2) is 5.27. The minimum Gasteiger partial charge on any atom is -0.481 e. The Hall–Kier alpha value is -2.09. The average molecular weight is 280 g/mol. The molecule has 0 saturated carbocycles. The van der Waals surface area contributed by atoms with E-state index in [0.717, 1.165) is 17.3 Å². The third-order valence-corrected chi connectivity index (χ3v) is 3.29. The van der Waals surface area contributed by atoms with Gasteiger partial charge in [-0.15, -0.1) is 0 Å². The zero-order valence-electron chi connectivity index (χ0n) is 10.2. The SMILES string of the molecule is Cc1cnc2c(c1)nc(SCC(=O)O)n2CC(N)=O. The van der Waals surface area contributed by atoms with E-state index in [1.165, 1.54) is 4.57 Å². The van der Waals surface area contributed by atoms with Gasteiger partial charge in [0, 0.05) is 6.20 Å². The number of rotatable bonds is 5. The predicted octanol–water partition coefficient (Wildman–Crippen LogP) is 0.402. The number of carboxylic acids is 1. The third-order valence-electron chi connectivity index (χ3n) is 2.33. The van der Waals surface area contributed by atoms with E-state index in [1.807, 2.05) is 13.0 Å². The monoisotopic (exact) mass is 280 g/mol. The quantitative estimate of drug-likeness (QED) is 0.767. The van der Waals surface area contributed by atoms with Gasteiger partial charge in [-0.25, -0.2) is 9.97 Å². The molecule has 100 valence electrons. The smallest absolute Gasteiger partial charge is 0.313 e. The Morgan fingerprint density at radius 3 is 2.89 bits per heavy atom. The Kier molecular flexibility index (Phi) is 3.70. The molecule has 0 bridgehead atoms. The van der Waals surface area contributed by atoms with Gasteiger partial charge in [0.05, 0.1) is 5.75 Å². The van der Waals surface area contributed by atoms with Gasteiger partial charge in [-0.05, 0) is 18.6 Å². The Morgan fingerprint density at radius 2 is 2.26 bits per heavy atom. The highest BCUT2D eigenvalue weighted by molar-refractivity contribution is 7.99. The lowest BCUT2D eigenvalue weighted by Crippen LogP contribution is -2.19. The van der Waals surface area contributed by atoms with E-state index in [-0.39, 0.29) is 12.3 Å². The summed E-state index contributed by atoms with van der Waals surface area (Å²) in [6.07, 6.45) is 1.66. The first kappa shape index (κ1) is 13.3. The second-order valence-electron chi connectivity index (χ2n) is 3.98. The maximum atomic E-state index is 11.1. The molecule has 3 N–H and O–H groups in total. The fraction of sp³-hybridized carbons (Fsp3) is 0.273. The molecule has 0 aliphatic rings. The fourth-order valence-electron chi connectivity index (χ4n) is 1.63. The van der Waals surface area contributed by atoms with Gasteiger partial charge in [-0.2, -0.15) is 0 Å². The number of carbonyl (C=O) groups excluding carboxylic acids is 1. The van der Waals surface area contributed by atoms with Crippen molar-refractivity contribution in [3.8, 4) is 0 Å². The van der Waals surface area contributed by atoms with Gasteiger partial charge in [-0.1, -0.05) is 11.8 Å². The van der Waals surface area contributed by atoms with E-state index in [1.54, 1.807) is 6.20 Å². The van der Waals surface area contributed by atoms with Crippen molar-refractivity contribution in [2.45, 2.75) is 18.6 Å². The van der Waals surface area contributed by atoms with Crippen LogP contribution in [0.1, 0.15) is 5.56 Å². The fourth-order valence-corrected chi connectivity index (χ4v) is 2.35. The first-order valence-corrected chi connectivity index (χ1v) is 6.41. The van der Waals surface area contributed by atoms with E-state index in [9.17, 15) is 9.59 Å². The van der Waals surface area contributed by atoms with E-state index in [0.29, 0.717) is 16.3 Å². The molecule has 0 atom stereocenters. The van der Waals surface area contributed by atoms with Crippen molar-refractivity contribution >= 4 is 34.8 Å². The van der Waals surface area contributed by atoms with Gasteiger partial charge in [0.15, 0.2) is 10.8 Å². The molecule has 7 nitrogen and oxygen atoms in total. The van der Waals surface area contributed by atoms with Crippen LogP contribution >= 0.6 is 11.8 Å². The van der Waals surface area contributed by atoms with Gasteiger partial charge in [0.1, 0.15) is 12.1 Å². The molecule has 0 aromatic carbocycles. The molecular weight excluding hydrogens is 268 g/mol. The number of primary amides is 1. The van der Waals surface area contributed by atoms with Crippen LogP contribution in [0.15, 0.2) is 17.4 Å². The molecular formula is C11H12N4O3S. The minimum atomic E-state index is -0.952. The van der Waals surface area contributed by atoms with E-state index in [2.05, 4.69) is 9.97 Å². The zero-order chi connectivity index (χ0) is 14.0. The summed E-state index contributed by atoms with van der Waals surface area (Å²) < 4.78 is 1.53. The average Bonchev–Trinajstić information content (AvgIpc) is 2.63. The molecule has 0 radical (unpaired) electrons. The van der Waals surface area contributed by atoms with Crippen molar-refractivity contribution in [1.82, 2.24) is 14.5 Å². The number of hydrogen-bond donors (Lipinski definition) is 2. The van der Waals surface area contributed by atoms with Crippen LogP contribution in [0.3, 0.4) is 0 Å². The van der Waals surface area contributed by atoms with Gasteiger partial charge in [0.25, 0.3) is 0 Å². The van der Waals surface area contributed by atoms with Crippen molar-refractivity contribution in [3.05, 3.63) is 17.8 Å². The highest BCUT2D eigenvalue weighted by atomic mass is 32.2. The molecule has 2 aromatic heterocycles. The number of nitrogens with two attached hydrogens (primary N) is 1. The number of aryl methyl sites for hydroxylation is 1. The summed E-state index contributed by atoms with van der Waals surface area (Å²) >= 11 is 1.03. The topological polar surface area (TPSA) is 111 Å². The summed E-state index contributed by atoms with van der Waals surface area (Å²) in [5.41, 5.74) is 7.27. The number of nitrogens with zero attached hydrogens (tertiary/aromatic N) is 3. The van der Waals surface area contributed by atoms with Crippen LogP contribution in [0.4, 0.5) is 0 Å². The molecule has 0 aliphatic heterocycles. The summed E-state index contributed by atoms with van der Waals surface area (Å²) in [7, 11) is 0. The van der Waals surface area contributed by atoms with Crippen molar-refractivity contribution in [3.63, 3.8) is 0 Å². The Morgan fingerprint density at radius 1 is 1.53 bits per heavy atom. The number of amides is 1. The highest BCUT2D eigenvalue weighted by Gasteiger charge is 2.15. The largest absolute Gasteiger partial charge is 0.481 e. The lowest BCUT2D eigenvalue weighted by Gasteiger charge is -2.04. The van der Waals surface area contributed by atoms with Crippen LogP contribution in [-0.2, 0) is 16.1 Å². The number of carbonyl (C=O) groups is 2. The lowest BCUT2D eigenvalue weighted by molar-refractivity contribution is -0.133. The van der Waals surface area contributed by atoms with Crippen LogP contribution in [-0.4, -0.2) is 37.3 Å². The van der Waals surface area contributed by atoms with E-state index >= 15 is 0 Å². The summed E-state index contributed by atoms with van der Waals surface area (Å²) in [6.45, 7) is 1.80. The maximum Gasteiger partial charge on any atom is 0.313 e. The Balaban J connectivity index is 2.47. The summed E-state index contributed by atoms with van der Waals surface area (Å²) in [5, 5.41) is 9.13. The molecule has 0 fully saturated rings. The first-order valence-electron chi connectivity index (χ1n) is 5.43. The number of hydrogen-bond acceptors (Lipinski definition) is 5. The highest BCUT2D eigenvalue weighted by Crippen LogP contribution is 2.23. The number of thioether (sulfide) groups is 1. The minimum absolute atomic E-state index is 0.0749. The number of imidazole rings is 1. The molecule has 0 aliphatic carbocycles. The summed E-state index contributed by atoms with van der Waals surface area (Å²) in [4.78, 5) is 30.2. The van der Waals surface area contributed by atoms with Gasteiger partial charge >= 0.3 is 5.97 Å². The first-order chi connectivity index (χ1) is 8.97. The van der Waals surface area contributed by atoms with Crippen molar-refractivity contribution in [2.24, 2.45) is 5.73 Å². The van der Waals surface area contributed by atoms with Gasteiger partial charge < -0.3 is 10.8 Å². The second-order valence-corrected chi connectivity index (χ2v) is 4.93. The Labute approximate surface area is 112 Å². The van der Waals surface area contributed by atoms with Crippen LogP contribution in [0.25, 0.3) is 11.2 Å². The molecule has 1 amide bonds.